The lowest BCUT2D eigenvalue weighted by molar-refractivity contribution is 0.297. The molecule has 0 aromatic heterocycles. The van der Waals surface area contributed by atoms with Crippen LogP contribution in [-0.4, -0.2) is 4.33 Å². The highest BCUT2D eigenvalue weighted by Gasteiger charge is 2.37. The van der Waals surface area contributed by atoms with Crippen LogP contribution < -0.4 is 0 Å². The standard InChI is InChI=1S/C10H16Cl2/c1-7(2)9-4-5-10(11,12)8(3)6-9/h8-9H,1,4-6H2,2-3H3/t8-,9+/m1/s1. The van der Waals surface area contributed by atoms with E-state index in [2.05, 4.69) is 20.4 Å². The van der Waals surface area contributed by atoms with E-state index in [0.29, 0.717) is 11.8 Å². The van der Waals surface area contributed by atoms with Gasteiger partial charge in [-0.25, -0.2) is 0 Å². The van der Waals surface area contributed by atoms with Crippen molar-refractivity contribution in [1.82, 2.24) is 0 Å². The van der Waals surface area contributed by atoms with E-state index in [-0.39, 0.29) is 0 Å². The molecule has 2 heteroatoms. The van der Waals surface area contributed by atoms with E-state index in [1.54, 1.807) is 0 Å². The van der Waals surface area contributed by atoms with Crippen LogP contribution in [0.25, 0.3) is 0 Å². The highest BCUT2D eigenvalue weighted by molar-refractivity contribution is 6.48. The summed E-state index contributed by atoms with van der Waals surface area (Å²) in [7, 11) is 0. The molecule has 1 aliphatic carbocycles. The molecule has 0 nitrogen and oxygen atoms in total. The van der Waals surface area contributed by atoms with Gasteiger partial charge in [-0.05, 0) is 38.0 Å². The van der Waals surface area contributed by atoms with Gasteiger partial charge in [0.25, 0.3) is 0 Å². The number of hydrogen-bond donors (Lipinski definition) is 0. The molecule has 0 aromatic rings. The molecule has 0 aliphatic heterocycles. The quantitative estimate of drug-likeness (QED) is 0.447. The number of hydrogen-bond acceptors (Lipinski definition) is 0. The zero-order valence-electron chi connectivity index (χ0n) is 7.74. The first-order chi connectivity index (χ1) is 5.43. The van der Waals surface area contributed by atoms with Crippen LogP contribution in [0.3, 0.4) is 0 Å². The number of alkyl halides is 2. The van der Waals surface area contributed by atoms with Crippen molar-refractivity contribution < 1.29 is 0 Å². The van der Waals surface area contributed by atoms with Crippen molar-refractivity contribution in [2.75, 3.05) is 0 Å². The molecule has 0 unspecified atom stereocenters. The third kappa shape index (κ3) is 2.17. The van der Waals surface area contributed by atoms with E-state index in [0.717, 1.165) is 19.3 Å². The number of halogens is 2. The molecule has 0 spiro atoms. The maximum Gasteiger partial charge on any atom is 0.120 e. The van der Waals surface area contributed by atoms with Gasteiger partial charge in [-0.1, -0.05) is 19.1 Å². The molecule has 0 amide bonds. The molecule has 0 aromatic carbocycles. The number of allylic oxidation sites excluding steroid dienone is 1. The van der Waals surface area contributed by atoms with Gasteiger partial charge in [0.15, 0.2) is 0 Å². The Morgan fingerprint density at radius 1 is 1.50 bits per heavy atom. The molecule has 0 bridgehead atoms. The second-order valence-corrected chi connectivity index (χ2v) is 5.52. The lowest BCUT2D eigenvalue weighted by Gasteiger charge is -2.36. The van der Waals surface area contributed by atoms with Gasteiger partial charge < -0.3 is 0 Å². The summed E-state index contributed by atoms with van der Waals surface area (Å²) in [5.41, 5.74) is 1.27. The Hall–Kier alpha value is 0.320. The Morgan fingerprint density at radius 2 is 2.08 bits per heavy atom. The Balaban J connectivity index is 2.58. The predicted molar refractivity (Wildman–Crippen MR) is 55.8 cm³/mol. The van der Waals surface area contributed by atoms with Crippen molar-refractivity contribution in [3.63, 3.8) is 0 Å². The van der Waals surface area contributed by atoms with Crippen molar-refractivity contribution in [3.8, 4) is 0 Å². The summed E-state index contributed by atoms with van der Waals surface area (Å²) in [5.74, 6) is 1.02. The van der Waals surface area contributed by atoms with Gasteiger partial charge >= 0.3 is 0 Å². The molecule has 12 heavy (non-hydrogen) atoms. The molecule has 70 valence electrons. The Labute approximate surface area is 84.9 Å². The zero-order valence-corrected chi connectivity index (χ0v) is 9.25. The summed E-state index contributed by atoms with van der Waals surface area (Å²) < 4.78 is -0.494. The van der Waals surface area contributed by atoms with Gasteiger partial charge in [0.2, 0.25) is 0 Å². The lowest BCUT2D eigenvalue weighted by atomic mass is 9.79. The first-order valence-corrected chi connectivity index (χ1v) is 5.22. The monoisotopic (exact) mass is 206 g/mol. The van der Waals surface area contributed by atoms with Gasteiger partial charge in [0.1, 0.15) is 4.33 Å². The van der Waals surface area contributed by atoms with E-state index in [1.165, 1.54) is 5.57 Å². The van der Waals surface area contributed by atoms with E-state index in [4.69, 9.17) is 23.2 Å². The van der Waals surface area contributed by atoms with Crippen LogP contribution in [0.2, 0.25) is 0 Å². The van der Waals surface area contributed by atoms with Crippen molar-refractivity contribution >= 4 is 23.2 Å². The van der Waals surface area contributed by atoms with Gasteiger partial charge in [-0.15, -0.1) is 23.2 Å². The van der Waals surface area contributed by atoms with Gasteiger partial charge in [0, 0.05) is 0 Å². The highest BCUT2D eigenvalue weighted by Crippen LogP contribution is 2.45. The van der Waals surface area contributed by atoms with Crippen molar-refractivity contribution in [1.29, 1.82) is 0 Å². The third-order valence-electron chi connectivity index (χ3n) is 2.88. The van der Waals surface area contributed by atoms with Crippen LogP contribution in [0.5, 0.6) is 0 Å². The minimum absolute atomic E-state index is 0.385. The summed E-state index contributed by atoms with van der Waals surface area (Å²) in [6, 6.07) is 0. The Bertz CT molecular complexity index is 184. The smallest absolute Gasteiger partial charge is 0.101 e. The van der Waals surface area contributed by atoms with Crippen LogP contribution >= 0.6 is 23.2 Å². The van der Waals surface area contributed by atoms with Crippen LogP contribution in [0.4, 0.5) is 0 Å². The van der Waals surface area contributed by atoms with Crippen LogP contribution in [-0.2, 0) is 0 Å². The first kappa shape index (κ1) is 10.4. The van der Waals surface area contributed by atoms with Crippen molar-refractivity contribution in [2.24, 2.45) is 11.8 Å². The molecule has 1 fully saturated rings. The first-order valence-electron chi connectivity index (χ1n) is 4.46. The average molecular weight is 207 g/mol. The van der Waals surface area contributed by atoms with Crippen molar-refractivity contribution in [3.05, 3.63) is 12.2 Å². The second kappa shape index (κ2) is 3.59. The third-order valence-corrected chi connectivity index (χ3v) is 4.01. The Kier molecular flexibility index (Phi) is 3.11. The summed E-state index contributed by atoms with van der Waals surface area (Å²) in [6.45, 7) is 8.19. The zero-order chi connectivity index (χ0) is 9.35. The lowest BCUT2D eigenvalue weighted by Crippen LogP contribution is -2.31. The van der Waals surface area contributed by atoms with Gasteiger partial charge in [0.05, 0.1) is 0 Å². The summed E-state index contributed by atoms with van der Waals surface area (Å²) in [5, 5.41) is 0. The topological polar surface area (TPSA) is 0 Å². The summed E-state index contributed by atoms with van der Waals surface area (Å²) in [6.07, 6.45) is 3.07. The normalized spacial score (nSPS) is 34.7. The minimum Gasteiger partial charge on any atom is -0.101 e. The molecular formula is C10H16Cl2. The summed E-state index contributed by atoms with van der Waals surface area (Å²) in [4.78, 5) is 0. The predicted octanol–water partition coefficient (Wildman–Crippen LogP) is 4.17. The van der Waals surface area contributed by atoms with Gasteiger partial charge in [-0.3, -0.25) is 0 Å². The number of rotatable bonds is 1. The molecule has 2 atom stereocenters. The summed E-state index contributed by atoms with van der Waals surface area (Å²) >= 11 is 12.3. The maximum absolute atomic E-state index is 6.13. The fourth-order valence-electron chi connectivity index (χ4n) is 1.78. The van der Waals surface area contributed by atoms with E-state index in [9.17, 15) is 0 Å². The average Bonchev–Trinajstić information content (AvgIpc) is 1.94. The van der Waals surface area contributed by atoms with Crippen LogP contribution in [0.1, 0.15) is 33.1 Å². The second-order valence-electron chi connectivity index (χ2n) is 3.98. The highest BCUT2D eigenvalue weighted by atomic mass is 35.5. The van der Waals surface area contributed by atoms with E-state index < -0.39 is 4.33 Å². The molecule has 1 saturated carbocycles. The largest absolute Gasteiger partial charge is 0.120 e. The van der Waals surface area contributed by atoms with Crippen LogP contribution in [0.15, 0.2) is 12.2 Å². The van der Waals surface area contributed by atoms with Crippen molar-refractivity contribution in [2.45, 2.75) is 37.4 Å². The van der Waals surface area contributed by atoms with Gasteiger partial charge in [-0.2, -0.15) is 0 Å². The van der Waals surface area contributed by atoms with E-state index >= 15 is 0 Å². The Morgan fingerprint density at radius 3 is 2.50 bits per heavy atom. The van der Waals surface area contributed by atoms with E-state index in [1.807, 2.05) is 0 Å². The molecule has 1 rings (SSSR count). The minimum atomic E-state index is -0.494. The fourth-order valence-corrected chi connectivity index (χ4v) is 2.17. The maximum atomic E-state index is 6.13. The molecule has 0 radical (unpaired) electrons. The fraction of sp³-hybridized carbons (Fsp3) is 0.800. The molecule has 0 heterocycles. The molecule has 1 aliphatic rings. The molecule has 0 N–H and O–H groups in total. The molecule has 0 saturated heterocycles. The SMILES string of the molecule is C=C(C)[C@H]1CCC(Cl)(Cl)[C@H](C)C1. The molecular weight excluding hydrogens is 191 g/mol. The van der Waals surface area contributed by atoms with Crippen LogP contribution in [0, 0.1) is 11.8 Å².